The van der Waals surface area contributed by atoms with Gasteiger partial charge in [-0.25, -0.2) is 9.78 Å². The number of imidazole rings is 1. The molecule has 2 heterocycles. The van der Waals surface area contributed by atoms with Gasteiger partial charge in [-0.05, 0) is 11.6 Å². The van der Waals surface area contributed by atoms with Crippen LogP contribution in [0.2, 0.25) is 0 Å². The SMILES string of the molecule is CN(Cc1cccnc1)C(=O)c1nc[nH]c1C(=O)O. The summed E-state index contributed by atoms with van der Waals surface area (Å²) in [5, 5.41) is 8.92. The Labute approximate surface area is 108 Å². The van der Waals surface area contributed by atoms with Gasteiger partial charge in [-0.3, -0.25) is 9.78 Å². The smallest absolute Gasteiger partial charge is 0.354 e. The van der Waals surface area contributed by atoms with Crippen LogP contribution in [0.4, 0.5) is 0 Å². The van der Waals surface area contributed by atoms with Crippen molar-refractivity contribution in [2.24, 2.45) is 0 Å². The van der Waals surface area contributed by atoms with Gasteiger partial charge in [-0.2, -0.15) is 0 Å². The lowest BCUT2D eigenvalue weighted by atomic mass is 10.2. The first-order valence-electron chi connectivity index (χ1n) is 5.50. The average molecular weight is 260 g/mol. The molecule has 0 unspecified atom stereocenters. The molecule has 0 aromatic carbocycles. The Morgan fingerprint density at radius 3 is 2.89 bits per heavy atom. The quantitative estimate of drug-likeness (QED) is 0.846. The van der Waals surface area contributed by atoms with Gasteiger partial charge in [-0.15, -0.1) is 0 Å². The Balaban J connectivity index is 2.15. The number of carboxylic acids is 1. The first-order valence-corrected chi connectivity index (χ1v) is 5.50. The number of aromatic carboxylic acids is 1. The summed E-state index contributed by atoms with van der Waals surface area (Å²) in [5.74, 6) is -1.67. The Bertz CT molecular complexity index is 594. The molecule has 0 radical (unpaired) electrons. The van der Waals surface area contributed by atoms with E-state index in [0.717, 1.165) is 5.56 Å². The fourth-order valence-electron chi connectivity index (χ4n) is 1.64. The number of aromatic nitrogens is 3. The van der Waals surface area contributed by atoms with Gasteiger partial charge in [0.05, 0.1) is 6.33 Å². The van der Waals surface area contributed by atoms with Gasteiger partial charge < -0.3 is 15.0 Å². The molecule has 98 valence electrons. The van der Waals surface area contributed by atoms with E-state index in [-0.39, 0.29) is 11.4 Å². The highest BCUT2D eigenvalue weighted by molar-refractivity contribution is 6.02. The number of nitrogens with zero attached hydrogens (tertiary/aromatic N) is 3. The highest BCUT2D eigenvalue weighted by atomic mass is 16.4. The number of carboxylic acid groups (broad SMARTS) is 1. The zero-order valence-corrected chi connectivity index (χ0v) is 10.2. The normalized spacial score (nSPS) is 10.2. The van der Waals surface area contributed by atoms with E-state index in [4.69, 9.17) is 5.11 Å². The molecule has 0 spiro atoms. The zero-order chi connectivity index (χ0) is 13.8. The second-order valence-electron chi connectivity index (χ2n) is 3.95. The summed E-state index contributed by atoms with van der Waals surface area (Å²) in [4.78, 5) is 34.5. The van der Waals surface area contributed by atoms with Crippen molar-refractivity contribution in [3.05, 3.63) is 47.8 Å². The molecule has 2 aromatic heterocycles. The third-order valence-corrected chi connectivity index (χ3v) is 2.55. The van der Waals surface area contributed by atoms with E-state index >= 15 is 0 Å². The third kappa shape index (κ3) is 2.76. The summed E-state index contributed by atoms with van der Waals surface area (Å²) in [6, 6.07) is 3.60. The maximum atomic E-state index is 12.1. The van der Waals surface area contributed by atoms with Gasteiger partial charge in [0.15, 0.2) is 11.4 Å². The van der Waals surface area contributed by atoms with E-state index in [2.05, 4.69) is 15.0 Å². The average Bonchev–Trinajstić information content (AvgIpc) is 2.88. The standard InChI is InChI=1S/C12H12N4O3/c1-16(6-8-3-2-4-13-5-8)11(17)9-10(12(18)19)15-7-14-9/h2-5,7H,6H2,1H3,(H,14,15)(H,18,19). The first kappa shape index (κ1) is 12.7. The van der Waals surface area contributed by atoms with Crippen molar-refractivity contribution in [3.8, 4) is 0 Å². The summed E-state index contributed by atoms with van der Waals surface area (Å²) in [7, 11) is 1.58. The minimum atomic E-state index is -1.21. The predicted molar refractivity (Wildman–Crippen MR) is 65.6 cm³/mol. The van der Waals surface area contributed by atoms with E-state index in [9.17, 15) is 9.59 Å². The lowest BCUT2D eigenvalue weighted by molar-refractivity contribution is 0.0674. The van der Waals surface area contributed by atoms with Crippen LogP contribution in [0.15, 0.2) is 30.9 Å². The number of carbonyl (C=O) groups excluding carboxylic acids is 1. The molecule has 0 atom stereocenters. The van der Waals surface area contributed by atoms with Crippen LogP contribution in [-0.2, 0) is 6.54 Å². The summed E-state index contributed by atoms with van der Waals surface area (Å²) in [5.41, 5.74) is 0.549. The first-order chi connectivity index (χ1) is 9.09. The van der Waals surface area contributed by atoms with Crippen molar-refractivity contribution in [2.75, 3.05) is 7.05 Å². The monoisotopic (exact) mass is 260 g/mol. The van der Waals surface area contributed by atoms with Crippen molar-refractivity contribution in [2.45, 2.75) is 6.54 Å². The van der Waals surface area contributed by atoms with Crippen molar-refractivity contribution < 1.29 is 14.7 Å². The fraction of sp³-hybridized carbons (Fsp3) is 0.167. The van der Waals surface area contributed by atoms with Gasteiger partial charge >= 0.3 is 5.97 Å². The van der Waals surface area contributed by atoms with Gasteiger partial charge in [0.1, 0.15) is 0 Å². The summed E-state index contributed by atoms with van der Waals surface area (Å²) >= 11 is 0. The molecule has 0 aliphatic rings. The Morgan fingerprint density at radius 1 is 1.47 bits per heavy atom. The molecule has 7 heteroatoms. The van der Waals surface area contributed by atoms with Crippen molar-refractivity contribution in [1.29, 1.82) is 0 Å². The van der Waals surface area contributed by atoms with Crippen LogP contribution in [-0.4, -0.2) is 43.9 Å². The lowest BCUT2D eigenvalue weighted by Crippen LogP contribution is -2.28. The van der Waals surface area contributed by atoms with Gasteiger partial charge in [0, 0.05) is 26.0 Å². The molecule has 19 heavy (non-hydrogen) atoms. The molecule has 2 N–H and O–H groups in total. The number of amides is 1. The molecular formula is C12H12N4O3. The number of hydrogen-bond acceptors (Lipinski definition) is 4. The molecule has 0 aliphatic carbocycles. The summed E-state index contributed by atoms with van der Waals surface area (Å²) < 4.78 is 0. The molecule has 2 rings (SSSR count). The molecule has 0 saturated carbocycles. The van der Waals surface area contributed by atoms with E-state index in [1.807, 2.05) is 6.07 Å². The Morgan fingerprint density at radius 2 is 2.26 bits per heavy atom. The number of carbonyl (C=O) groups is 2. The molecule has 0 aliphatic heterocycles. The van der Waals surface area contributed by atoms with Crippen LogP contribution in [0.1, 0.15) is 26.5 Å². The van der Waals surface area contributed by atoms with E-state index in [1.54, 1.807) is 25.5 Å². The second kappa shape index (κ2) is 5.30. The molecule has 1 amide bonds. The Hall–Kier alpha value is -2.70. The second-order valence-corrected chi connectivity index (χ2v) is 3.95. The van der Waals surface area contributed by atoms with E-state index in [0.29, 0.717) is 6.54 Å². The van der Waals surface area contributed by atoms with Crippen LogP contribution < -0.4 is 0 Å². The van der Waals surface area contributed by atoms with Gasteiger partial charge in [-0.1, -0.05) is 6.07 Å². The number of aromatic amines is 1. The number of H-pyrrole nitrogens is 1. The number of rotatable bonds is 4. The molecular weight excluding hydrogens is 248 g/mol. The van der Waals surface area contributed by atoms with Crippen LogP contribution >= 0.6 is 0 Å². The third-order valence-electron chi connectivity index (χ3n) is 2.55. The lowest BCUT2D eigenvalue weighted by Gasteiger charge is -2.16. The number of pyridine rings is 1. The highest BCUT2D eigenvalue weighted by Gasteiger charge is 2.22. The van der Waals surface area contributed by atoms with Gasteiger partial charge in [0.2, 0.25) is 0 Å². The predicted octanol–water partition coefficient (Wildman–Crippen LogP) is 0.775. The van der Waals surface area contributed by atoms with Crippen LogP contribution in [0.5, 0.6) is 0 Å². The summed E-state index contributed by atoms with van der Waals surface area (Å²) in [6.07, 6.45) is 4.47. The van der Waals surface area contributed by atoms with Crippen LogP contribution in [0, 0.1) is 0 Å². The molecule has 7 nitrogen and oxygen atoms in total. The zero-order valence-electron chi connectivity index (χ0n) is 10.2. The van der Waals surface area contributed by atoms with Crippen LogP contribution in [0.3, 0.4) is 0 Å². The van der Waals surface area contributed by atoms with Gasteiger partial charge in [0.25, 0.3) is 5.91 Å². The minimum Gasteiger partial charge on any atom is -0.477 e. The number of nitrogens with one attached hydrogen (secondary N) is 1. The number of hydrogen-bond donors (Lipinski definition) is 2. The van der Waals surface area contributed by atoms with Crippen molar-refractivity contribution in [1.82, 2.24) is 19.9 Å². The fourth-order valence-corrected chi connectivity index (χ4v) is 1.64. The topological polar surface area (TPSA) is 99.2 Å². The van der Waals surface area contributed by atoms with Crippen molar-refractivity contribution in [3.63, 3.8) is 0 Å². The highest BCUT2D eigenvalue weighted by Crippen LogP contribution is 2.09. The molecule has 0 saturated heterocycles. The largest absolute Gasteiger partial charge is 0.477 e. The molecule has 0 bridgehead atoms. The van der Waals surface area contributed by atoms with E-state index in [1.165, 1.54) is 11.2 Å². The Kier molecular flexibility index (Phi) is 3.56. The van der Waals surface area contributed by atoms with Crippen LogP contribution in [0.25, 0.3) is 0 Å². The maximum absolute atomic E-state index is 12.1. The molecule has 0 fully saturated rings. The summed E-state index contributed by atoms with van der Waals surface area (Å²) in [6.45, 7) is 0.332. The van der Waals surface area contributed by atoms with E-state index < -0.39 is 11.9 Å². The minimum absolute atomic E-state index is 0.0982. The maximum Gasteiger partial charge on any atom is 0.354 e. The molecule has 2 aromatic rings. The van der Waals surface area contributed by atoms with Crippen molar-refractivity contribution >= 4 is 11.9 Å².